The number of anilines is 2. The summed E-state index contributed by atoms with van der Waals surface area (Å²) in [6.45, 7) is 8.18. The fraction of sp³-hybridized carbons (Fsp3) is 0.600. The average molecular weight is 277 g/mol. The summed E-state index contributed by atoms with van der Waals surface area (Å²) in [5.74, 6) is 0.730. The van der Waals surface area contributed by atoms with Crippen LogP contribution >= 0.6 is 0 Å². The molecule has 20 heavy (non-hydrogen) atoms. The third-order valence-corrected chi connectivity index (χ3v) is 3.96. The van der Waals surface area contributed by atoms with Crippen LogP contribution in [-0.4, -0.2) is 24.1 Å². The number of hydrogen-bond donors (Lipinski definition) is 1. The molecule has 1 aliphatic heterocycles. The predicted molar refractivity (Wildman–Crippen MR) is 82.5 cm³/mol. The van der Waals surface area contributed by atoms with Gasteiger partial charge in [-0.15, -0.1) is 0 Å². The predicted octanol–water partition coefficient (Wildman–Crippen LogP) is 3.65. The lowest BCUT2D eigenvalue weighted by Gasteiger charge is -2.38. The summed E-state index contributed by atoms with van der Waals surface area (Å²) in [4.78, 5) is 13.1. The van der Waals surface area contributed by atoms with Crippen molar-refractivity contribution in [2.45, 2.75) is 39.7 Å². The van der Waals surface area contributed by atoms with Gasteiger partial charge in [-0.1, -0.05) is 6.92 Å². The third kappa shape index (κ3) is 3.21. The van der Waals surface area contributed by atoms with Gasteiger partial charge in [-0.05, 0) is 38.7 Å². The van der Waals surface area contributed by atoms with E-state index in [1.54, 1.807) is 12.1 Å². The topological polar surface area (TPSA) is 58.4 Å². The number of nitrogens with zero attached hydrogens (tertiary/aromatic N) is 2. The number of benzene rings is 1. The van der Waals surface area contributed by atoms with Gasteiger partial charge >= 0.3 is 0 Å². The van der Waals surface area contributed by atoms with E-state index in [9.17, 15) is 10.1 Å². The Morgan fingerprint density at radius 2 is 2.15 bits per heavy atom. The summed E-state index contributed by atoms with van der Waals surface area (Å²) >= 11 is 0. The molecular formula is C15H23N3O2. The van der Waals surface area contributed by atoms with Gasteiger partial charge in [0.1, 0.15) is 0 Å². The molecule has 0 radical (unpaired) electrons. The number of nitro groups is 1. The summed E-state index contributed by atoms with van der Waals surface area (Å²) in [7, 11) is 0. The van der Waals surface area contributed by atoms with Crippen molar-refractivity contribution >= 4 is 17.1 Å². The normalized spacial score (nSPS) is 22.6. The molecule has 0 bridgehead atoms. The lowest BCUT2D eigenvalue weighted by atomic mass is 9.93. The van der Waals surface area contributed by atoms with Crippen molar-refractivity contribution in [2.75, 3.05) is 23.3 Å². The lowest BCUT2D eigenvalue weighted by Crippen LogP contribution is -2.40. The van der Waals surface area contributed by atoms with E-state index in [1.165, 1.54) is 0 Å². The highest BCUT2D eigenvalue weighted by Crippen LogP contribution is 2.32. The minimum atomic E-state index is -0.318. The van der Waals surface area contributed by atoms with E-state index >= 15 is 0 Å². The van der Waals surface area contributed by atoms with Gasteiger partial charge in [-0.3, -0.25) is 10.1 Å². The monoisotopic (exact) mass is 277 g/mol. The molecule has 110 valence electrons. The van der Waals surface area contributed by atoms with E-state index in [4.69, 9.17) is 0 Å². The fourth-order valence-corrected chi connectivity index (χ4v) is 2.96. The molecule has 1 aromatic rings. The lowest BCUT2D eigenvalue weighted by molar-refractivity contribution is -0.384. The van der Waals surface area contributed by atoms with Crippen LogP contribution in [0.2, 0.25) is 0 Å². The van der Waals surface area contributed by atoms with E-state index in [1.807, 2.05) is 13.0 Å². The second kappa shape index (κ2) is 6.11. The molecule has 2 atom stereocenters. The molecule has 0 aromatic heterocycles. The third-order valence-electron chi connectivity index (χ3n) is 3.96. The maximum Gasteiger partial charge on any atom is 0.273 e. The first-order valence-electron chi connectivity index (χ1n) is 7.31. The molecule has 0 saturated carbocycles. The zero-order valence-corrected chi connectivity index (χ0v) is 12.4. The molecule has 2 rings (SSSR count). The Morgan fingerprint density at radius 3 is 2.75 bits per heavy atom. The molecule has 0 spiro atoms. The molecule has 1 heterocycles. The molecule has 1 saturated heterocycles. The highest BCUT2D eigenvalue weighted by Gasteiger charge is 2.24. The van der Waals surface area contributed by atoms with Crippen LogP contribution in [0.3, 0.4) is 0 Å². The molecule has 5 heteroatoms. The van der Waals surface area contributed by atoms with Gasteiger partial charge < -0.3 is 10.2 Å². The second-order valence-electron chi connectivity index (χ2n) is 5.70. The summed E-state index contributed by atoms with van der Waals surface area (Å²) < 4.78 is 0. The van der Waals surface area contributed by atoms with E-state index in [-0.39, 0.29) is 10.6 Å². The molecule has 2 unspecified atom stereocenters. The first-order valence-corrected chi connectivity index (χ1v) is 7.31. The Kier molecular flexibility index (Phi) is 4.47. The van der Waals surface area contributed by atoms with Crippen molar-refractivity contribution in [2.24, 2.45) is 5.92 Å². The van der Waals surface area contributed by atoms with Crippen LogP contribution in [0.1, 0.15) is 33.6 Å². The largest absolute Gasteiger partial charge is 0.385 e. The second-order valence-corrected chi connectivity index (χ2v) is 5.70. The molecule has 0 aliphatic carbocycles. The quantitative estimate of drug-likeness (QED) is 0.674. The number of rotatable bonds is 4. The fourth-order valence-electron chi connectivity index (χ4n) is 2.96. The van der Waals surface area contributed by atoms with Gasteiger partial charge in [0.05, 0.1) is 4.92 Å². The number of nitro benzene ring substituents is 1. The van der Waals surface area contributed by atoms with Crippen molar-refractivity contribution in [3.8, 4) is 0 Å². The van der Waals surface area contributed by atoms with Crippen molar-refractivity contribution in [3.05, 3.63) is 28.3 Å². The van der Waals surface area contributed by atoms with Gasteiger partial charge in [0.25, 0.3) is 5.69 Å². The maximum atomic E-state index is 11.1. The maximum absolute atomic E-state index is 11.1. The zero-order chi connectivity index (χ0) is 14.7. The Hall–Kier alpha value is -1.78. The molecule has 0 amide bonds. The summed E-state index contributed by atoms with van der Waals surface area (Å²) in [5, 5.41) is 14.3. The van der Waals surface area contributed by atoms with Crippen LogP contribution in [0.15, 0.2) is 18.2 Å². The Morgan fingerprint density at radius 1 is 1.40 bits per heavy atom. The first kappa shape index (κ1) is 14.6. The number of non-ortho nitro benzene ring substituents is 1. The van der Waals surface area contributed by atoms with Gasteiger partial charge in [-0.2, -0.15) is 0 Å². The van der Waals surface area contributed by atoms with E-state index in [0.29, 0.717) is 6.04 Å². The highest BCUT2D eigenvalue weighted by atomic mass is 16.6. The molecule has 1 N–H and O–H groups in total. The summed E-state index contributed by atoms with van der Waals surface area (Å²) in [5.41, 5.74) is 1.93. The zero-order valence-electron chi connectivity index (χ0n) is 12.4. The van der Waals surface area contributed by atoms with Crippen LogP contribution in [0, 0.1) is 16.0 Å². The average Bonchev–Trinajstić information content (AvgIpc) is 2.38. The molecule has 1 aromatic carbocycles. The minimum absolute atomic E-state index is 0.157. The Bertz CT molecular complexity index is 490. The van der Waals surface area contributed by atoms with Crippen LogP contribution in [0.25, 0.3) is 0 Å². The van der Waals surface area contributed by atoms with Gasteiger partial charge in [0.15, 0.2) is 0 Å². The summed E-state index contributed by atoms with van der Waals surface area (Å²) in [6, 6.07) is 5.73. The number of piperidine rings is 1. The van der Waals surface area contributed by atoms with Crippen molar-refractivity contribution in [1.29, 1.82) is 0 Å². The van der Waals surface area contributed by atoms with Crippen LogP contribution in [-0.2, 0) is 0 Å². The smallest absolute Gasteiger partial charge is 0.273 e. The molecule has 1 aliphatic rings. The number of nitrogens with one attached hydrogen (secondary N) is 1. The van der Waals surface area contributed by atoms with Crippen LogP contribution in [0.4, 0.5) is 17.1 Å². The van der Waals surface area contributed by atoms with Crippen LogP contribution in [0.5, 0.6) is 0 Å². The summed E-state index contributed by atoms with van der Waals surface area (Å²) in [6.07, 6.45) is 2.28. The van der Waals surface area contributed by atoms with Crippen molar-refractivity contribution < 1.29 is 4.92 Å². The SMILES string of the molecule is CCNc1cc(N2CCC(C)CC2C)cc([N+](=O)[O-])c1. The van der Waals surface area contributed by atoms with Crippen molar-refractivity contribution in [1.82, 2.24) is 0 Å². The number of hydrogen-bond acceptors (Lipinski definition) is 4. The first-order chi connectivity index (χ1) is 9.51. The van der Waals surface area contributed by atoms with Gasteiger partial charge in [-0.25, -0.2) is 0 Å². The van der Waals surface area contributed by atoms with Crippen molar-refractivity contribution in [3.63, 3.8) is 0 Å². The molecular weight excluding hydrogens is 254 g/mol. The van der Waals surface area contributed by atoms with E-state index < -0.39 is 0 Å². The molecule has 1 fully saturated rings. The minimum Gasteiger partial charge on any atom is -0.385 e. The van der Waals surface area contributed by atoms with Gasteiger partial charge in [0.2, 0.25) is 0 Å². The van der Waals surface area contributed by atoms with E-state index in [2.05, 4.69) is 24.1 Å². The standard InChI is InChI=1S/C15H23N3O2/c1-4-16-13-8-14(10-15(9-13)18(19)20)17-6-5-11(2)7-12(17)3/h8-12,16H,4-7H2,1-3H3. The van der Waals surface area contributed by atoms with Crippen LogP contribution < -0.4 is 10.2 Å². The Balaban J connectivity index is 2.32. The molecule has 5 nitrogen and oxygen atoms in total. The van der Waals surface area contributed by atoms with Gasteiger partial charge in [0, 0.05) is 42.6 Å². The highest BCUT2D eigenvalue weighted by molar-refractivity contribution is 5.65. The Labute approximate surface area is 120 Å². The van der Waals surface area contributed by atoms with E-state index in [0.717, 1.165) is 43.2 Å².